The van der Waals surface area contributed by atoms with Crippen LogP contribution in [0.2, 0.25) is 0 Å². The summed E-state index contributed by atoms with van der Waals surface area (Å²) < 4.78 is 5.30. The molecule has 1 fully saturated rings. The molecule has 0 spiro atoms. The molecule has 1 saturated heterocycles. The molecular weight excluding hydrogens is 276 g/mol. The van der Waals surface area contributed by atoms with E-state index in [-0.39, 0.29) is 29.9 Å². The second kappa shape index (κ2) is 6.53. The molecule has 7 nitrogen and oxygen atoms in total. The second-order valence-corrected chi connectivity index (χ2v) is 5.22. The van der Waals surface area contributed by atoms with Gasteiger partial charge < -0.3 is 14.7 Å². The van der Waals surface area contributed by atoms with Crippen molar-refractivity contribution in [3.05, 3.63) is 34.4 Å². The molecule has 1 amide bonds. The summed E-state index contributed by atoms with van der Waals surface area (Å²) in [4.78, 5) is 23.7. The van der Waals surface area contributed by atoms with E-state index in [2.05, 4.69) is 0 Å². The molecule has 2 unspecified atom stereocenters. The lowest BCUT2D eigenvalue weighted by Crippen LogP contribution is -2.47. The van der Waals surface area contributed by atoms with Crippen LogP contribution in [0.3, 0.4) is 0 Å². The van der Waals surface area contributed by atoms with Crippen molar-refractivity contribution >= 4 is 11.6 Å². The summed E-state index contributed by atoms with van der Waals surface area (Å²) in [5, 5.41) is 20.4. The number of β-amino-alcohol motifs (C(OH)–C–C–N with tert-alkyl or cyclic N) is 1. The molecule has 1 heterocycles. The predicted octanol–water partition coefficient (Wildman–Crippen LogP) is 1.20. The summed E-state index contributed by atoms with van der Waals surface area (Å²) in [5.74, 6) is 0.239. The Labute approximate surface area is 122 Å². The van der Waals surface area contributed by atoms with Crippen molar-refractivity contribution in [3.63, 3.8) is 0 Å². The van der Waals surface area contributed by atoms with Gasteiger partial charge in [-0.25, -0.2) is 0 Å². The number of nitro groups is 1. The van der Waals surface area contributed by atoms with Crippen LogP contribution in [0.4, 0.5) is 5.69 Å². The number of rotatable bonds is 4. The molecule has 1 aromatic carbocycles. The lowest BCUT2D eigenvalue weighted by molar-refractivity contribution is -0.384. The molecule has 2 atom stereocenters. The van der Waals surface area contributed by atoms with E-state index in [1.54, 1.807) is 11.0 Å². The maximum atomic E-state index is 12.0. The second-order valence-electron chi connectivity index (χ2n) is 5.22. The number of nitrogens with zero attached hydrogens (tertiary/aromatic N) is 2. The predicted molar refractivity (Wildman–Crippen MR) is 75.0 cm³/mol. The zero-order valence-electron chi connectivity index (χ0n) is 11.8. The van der Waals surface area contributed by atoms with E-state index in [0.717, 1.165) is 6.42 Å². The van der Waals surface area contributed by atoms with Crippen LogP contribution in [0.25, 0.3) is 0 Å². The average molecular weight is 294 g/mol. The Kier molecular flexibility index (Phi) is 4.74. The van der Waals surface area contributed by atoms with Crippen LogP contribution >= 0.6 is 0 Å². The number of ether oxygens (including phenoxy) is 1. The maximum Gasteiger partial charge on any atom is 0.273 e. The molecule has 1 N–H and O–H groups in total. The van der Waals surface area contributed by atoms with Gasteiger partial charge in [0.2, 0.25) is 0 Å². The molecule has 1 aliphatic rings. The number of carbonyl (C=O) groups excluding carboxylic acids is 1. The van der Waals surface area contributed by atoms with Crippen LogP contribution in [-0.4, -0.2) is 46.6 Å². The number of aliphatic hydroxyl groups excluding tert-OH is 1. The summed E-state index contributed by atoms with van der Waals surface area (Å²) in [5.41, 5.74) is -0.0813. The van der Waals surface area contributed by atoms with Crippen LogP contribution < -0.4 is 4.74 Å². The minimum Gasteiger partial charge on any atom is -0.484 e. The van der Waals surface area contributed by atoms with Gasteiger partial charge in [-0.05, 0) is 18.4 Å². The quantitative estimate of drug-likeness (QED) is 0.665. The number of benzene rings is 1. The van der Waals surface area contributed by atoms with E-state index in [1.165, 1.54) is 18.2 Å². The number of amides is 1. The van der Waals surface area contributed by atoms with Crippen LogP contribution in [0.5, 0.6) is 5.75 Å². The van der Waals surface area contributed by atoms with Crippen LogP contribution in [0.15, 0.2) is 24.3 Å². The molecule has 7 heteroatoms. The minimum atomic E-state index is -0.517. The van der Waals surface area contributed by atoms with Gasteiger partial charge in [0.1, 0.15) is 5.75 Å². The summed E-state index contributed by atoms with van der Waals surface area (Å²) in [7, 11) is 0. The highest BCUT2D eigenvalue weighted by molar-refractivity contribution is 5.78. The number of nitro benzene ring substituents is 1. The first kappa shape index (κ1) is 15.2. The molecule has 1 aliphatic heterocycles. The van der Waals surface area contributed by atoms with E-state index < -0.39 is 11.0 Å². The van der Waals surface area contributed by atoms with E-state index in [4.69, 9.17) is 4.74 Å². The molecule has 2 rings (SSSR count). The molecular formula is C14H18N2O5. The molecule has 0 aromatic heterocycles. The number of hydrogen-bond donors (Lipinski definition) is 1. The smallest absolute Gasteiger partial charge is 0.273 e. The van der Waals surface area contributed by atoms with Gasteiger partial charge in [-0.1, -0.05) is 13.0 Å². The third-order valence-corrected chi connectivity index (χ3v) is 3.66. The summed E-state index contributed by atoms with van der Waals surface area (Å²) in [6.45, 7) is 2.65. The summed E-state index contributed by atoms with van der Waals surface area (Å²) >= 11 is 0. The number of likely N-dealkylation sites (tertiary alicyclic amines) is 1. The van der Waals surface area contributed by atoms with Crippen molar-refractivity contribution < 1.29 is 19.6 Å². The van der Waals surface area contributed by atoms with Crippen molar-refractivity contribution in [1.29, 1.82) is 0 Å². The van der Waals surface area contributed by atoms with Crippen molar-refractivity contribution in [3.8, 4) is 5.75 Å². The normalized spacial score (nSPS) is 21.9. The van der Waals surface area contributed by atoms with Gasteiger partial charge in [0.25, 0.3) is 11.6 Å². The first-order chi connectivity index (χ1) is 9.97. The third kappa shape index (κ3) is 3.91. The van der Waals surface area contributed by atoms with Gasteiger partial charge in [0, 0.05) is 19.2 Å². The monoisotopic (exact) mass is 294 g/mol. The van der Waals surface area contributed by atoms with Gasteiger partial charge in [0.05, 0.1) is 17.1 Å². The molecule has 21 heavy (non-hydrogen) atoms. The maximum absolute atomic E-state index is 12.0. The first-order valence-electron chi connectivity index (χ1n) is 6.80. The first-order valence-corrected chi connectivity index (χ1v) is 6.80. The lowest BCUT2D eigenvalue weighted by atomic mass is 9.96. The number of carbonyl (C=O) groups is 1. The zero-order chi connectivity index (χ0) is 15.4. The van der Waals surface area contributed by atoms with Crippen LogP contribution in [0.1, 0.15) is 13.3 Å². The van der Waals surface area contributed by atoms with Crippen molar-refractivity contribution in [1.82, 2.24) is 4.90 Å². The Morgan fingerprint density at radius 1 is 1.57 bits per heavy atom. The fourth-order valence-electron chi connectivity index (χ4n) is 2.20. The molecule has 0 aliphatic carbocycles. The Morgan fingerprint density at radius 2 is 2.33 bits per heavy atom. The van der Waals surface area contributed by atoms with Crippen LogP contribution in [-0.2, 0) is 4.79 Å². The van der Waals surface area contributed by atoms with E-state index in [0.29, 0.717) is 13.1 Å². The van der Waals surface area contributed by atoms with E-state index >= 15 is 0 Å². The van der Waals surface area contributed by atoms with E-state index in [1.807, 2.05) is 6.92 Å². The number of hydrogen-bond acceptors (Lipinski definition) is 5. The summed E-state index contributed by atoms with van der Waals surface area (Å²) in [6, 6.07) is 5.70. The fraction of sp³-hybridized carbons (Fsp3) is 0.500. The standard InChI is InChI=1S/C14H18N2O5/c1-10-5-6-15(8-13(10)17)14(18)9-21-12-4-2-3-11(7-12)16(19)20/h2-4,7,10,13,17H,5-6,8-9H2,1H3. The van der Waals surface area contributed by atoms with Gasteiger partial charge in [-0.15, -0.1) is 0 Å². The van der Waals surface area contributed by atoms with Gasteiger partial charge in [0.15, 0.2) is 6.61 Å². The molecule has 0 bridgehead atoms. The lowest BCUT2D eigenvalue weighted by Gasteiger charge is -2.34. The largest absolute Gasteiger partial charge is 0.484 e. The fourth-order valence-corrected chi connectivity index (χ4v) is 2.20. The topological polar surface area (TPSA) is 92.9 Å². The highest BCUT2D eigenvalue weighted by Gasteiger charge is 2.27. The van der Waals surface area contributed by atoms with Gasteiger partial charge in [-0.3, -0.25) is 14.9 Å². The highest BCUT2D eigenvalue weighted by Crippen LogP contribution is 2.20. The number of non-ortho nitro benzene ring substituents is 1. The Hall–Kier alpha value is -2.15. The Morgan fingerprint density at radius 3 is 3.00 bits per heavy atom. The minimum absolute atomic E-state index is 0.0813. The number of piperidine rings is 1. The molecule has 114 valence electrons. The van der Waals surface area contributed by atoms with Crippen molar-refractivity contribution in [2.24, 2.45) is 5.92 Å². The SMILES string of the molecule is CC1CCN(C(=O)COc2cccc([N+](=O)[O-])c2)CC1O. The zero-order valence-corrected chi connectivity index (χ0v) is 11.8. The van der Waals surface area contributed by atoms with E-state index in [9.17, 15) is 20.0 Å². The highest BCUT2D eigenvalue weighted by atomic mass is 16.6. The molecule has 0 saturated carbocycles. The summed E-state index contributed by atoms with van der Waals surface area (Å²) in [6.07, 6.45) is 0.240. The Balaban J connectivity index is 1.89. The molecule has 0 radical (unpaired) electrons. The van der Waals surface area contributed by atoms with Crippen LogP contribution in [0, 0.1) is 16.0 Å². The third-order valence-electron chi connectivity index (χ3n) is 3.66. The van der Waals surface area contributed by atoms with Crippen molar-refractivity contribution in [2.45, 2.75) is 19.4 Å². The van der Waals surface area contributed by atoms with Gasteiger partial charge >= 0.3 is 0 Å². The van der Waals surface area contributed by atoms with Crippen molar-refractivity contribution in [2.75, 3.05) is 19.7 Å². The van der Waals surface area contributed by atoms with Gasteiger partial charge in [-0.2, -0.15) is 0 Å². The molecule has 1 aromatic rings. The number of aliphatic hydroxyl groups is 1. The Bertz CT molecular complexity index is 534. The average Bonchev–Trinajstić information content (AvgIpc) is 2.48.